The van der Waals surface area contributed by atoms with Crippen LogP contribution in [0, 0.1) is 17.1 Å². The number of nitriles is 1. The number of anilines is 1. The Kier molecular flexibility index (Phi) is 10.9. The van der Waals surface area contributed by atoms with Gasteiger partial charge in [0.2, 0.25) is 21.9 Å². The van der Waals surface area contributed by atoms with E-state index in [1.54, 1.807) is 36.4 Å². The van der Waals surface area contributed by atoms with Crippen molar-refractivity contribution < 1.29 is 31.8 Å². The first-order chi connectivity index (χ1) is 21.6. The molecule has 0 fully saturated rings. The molecular formula is C30H34FN6O6S2+. The summed E-state index contributed by atoms with van der Waals surface area (Å²) >= 11 is 0. The van der Waals surface area contributed by atoms with Gasteiger partial charge in [-0.25, -0.2) is 22.1 Å². The normalized spacial score (nSPS) is 12.1. The molecule has 15 heteroatoms. The van der Waals surface area contributed by atoms with Gasteiger partial charge in [0.25, 0.3) is 0 Å². The zero-order chi connectivity index (χ0) is 32.7. The lowest BCUT2D eigenvalue weighted by Gasteiger charge is -2.27. The lowest BCUT2D eigenvalue weighted by Crippen LogP contribution is -2.40. The monoisotopic (exact) mass is 657 g/mol. The van der Waals surface area contributed by atoms with Gasteiger partial charge in [-0.2, -0.15) is 5.26 Å². The summed E-state index contributed by atoms with van der Waals surface area (Å²) in [7, 11) is 1.37. The summed E-state index contributed by atoms with van der Waals surface area (Å²) in [4.78, 5) is 4.52. The summed E-state index contributed by atoms with van der Waals surface area (Å²) in [6, 6.07) is 15.7. The molecule has 2 aromatic carbocycles. The Balaban J connectivity index is 1.97. The minimum atomic E-state index is -4.26. The van der Waals surface area contributed by atoms with Crippen LogP contribution in [0.15, 0.2) is 54.6 Å². The molecule has 238 valence electrons. The molecule has 0 bridgehead atoms. The second-order valence-electron chi connectivity index (χ2n) is 9.84. The van der Waals surface area contributed by atoms with Gasteiger partial charge in [-0.15, -0.1) is 10.2 Å². The topological polar surface area (TPSA) is 142 Å². The quantitative estimate of drug-likeness (QED) is 0.184. The molecule has 1 atom stereocenters. The highest BCUT2D eigenvalue weighted by molar-refractivity contribution is 7.95. The van der Waals surface area contributed by atoms with Gasteiger partial charge in [0.05, 0.1) is 63.9 Å². The summed E-state index contributed by atoms with van der Waals surface area (Å²) in [5, 5.41) is 18.4. The fraction of sp³-hybridized carbons (Fsp3) is 0.333. The van der Waals surface area contributed by atoms with E-state index in [2.05, 4.69) is 15.2 Å². The van der Waals surface area contributed by atoms with Crippen molar-refractivity contribution >= 4 is 26.9 Å². The Morgan fingerprint density at radius 1 is 1.00 bits per heavy atom. The largest absolute Gasteiger partial charge is 0.494 e. The maximum absolute atomic E-state index is 14.4. The lowest BCUT2D eigenvalue weighted by atomic mass is 10.0. The Hall–Kier alpha value is -4.39. The van der Waals surface area contributed by atoms with Gasteiger partial charge in [-0.05, 0) is 46.8 Å². The SMILES string of the molecule is COc1cccc(-c2nnc(N(CC[S+](C)C)S(=O)(=O)C[C@@H](OC)c3ccc(F)cc3C#N)n2-c2c(OC)cccc2OC)n1. The van der Waals surface area contributed by atoms with Crippen molar-refractivity contribution in [3.63, 3.8) is 0 Å². The molecule has 0 saturated heterocycles. The van der Waals surface area contributed by atoms with Crippen LogP contribution in [0.3, 0.4) is 0 Å². The molecule has 12 nitrogen and oxygen atoms in total. The van der Waals surface area contributed by atoms with Crippen LogP contribution in [0.5, 0.6) is 17.4 Å². The van der Waals surface area contributed by atoms with E-state index in [0.717, 1.165) is 12.1 Å². The minimum absolute atomic E-state index is 0.0272. The maximum Gasteiger partial charge on any atom is 0.246 e. The number of rotatable bonds is 14. The van der Waals surface area contributed by atoms with Gasteiger partial charge in [0.15, 0.2) is 5.82 Å². The summed E-state index contributed by atoms with van der Waals surface area (Å²) in [6.07, 6.45) is 2.91. The van der Waals surface area contributed by atoms with Gasteiger partial charge in [-0.3, -0.25) is 4.57 Å². The molecule has 4 rings (SSSR count). The van der Waals surface area contributed by atoms with E-state index in [1.165, 1.54) is 43.4 Å². The molecule has 0 unspecified atom stereocenters. The highest BCUT2D eigenvalue weighted by atomic mass is 32.2. The summed E-state index contributed by atoms with van der Waals surface area (Å²) in [5.74, 6) is 0.504. The van der Waals surface area contributed by atoms with Crippen LogP contribution in [-0.2, 0) is 25.7 Å². The molecular weight excluding hydrogens is 623 g/mol. The summed E-state index contributed by atoms with van der Waals surface area (Å²) in [5.41, 5.74) is 0.914. The number of pyridine rings is 1. The van der Waals surface area contributed by atoms with Crippen molar-refractivity contribution in [1.29, 1.82) is 5.26 Å². The third-order valence-corrected chi connectivity index (χ3v) is 9.56. The molecule has 2 heterocycles. The van der Waals surface area contributed by atoms with E-state index in [1.807, 2.05) is 18.6 Å². The average Bonchev–Trinajstić information content (AvgIpc) is 3.47. The van der Waals surface area contributed by atoms with E-state index in [4.69, 9.17) is 18.9 Å². The number of hydrogen-bond donors (Lipinski definition) is 0. The third-order valence-electron chi connectivity index (χ3n) is 6.82. The molecule has 4 aromatic rings. The van der Waals surface area contributed by atoms with Crippen molar-refractivity contribution in [2.45, 2.75) is 6.10 Å². The predicted octanol–water partition coefficient (Wildman–Crippen LogP) is 3.77. The lowest BCUT2D eigenvalue weighted by molar-refractivity contribution is 0.121. The fourth-order valence-electron chi connectivity index (χ4n) is 4.62. The third kappa shape index (κ3) is 7.30. The first kappa shape index (κ1) is 33.5. The number of sulfonamides is 1. The molecule has 0 amide bonds. The van der Waals surface area contributed by atoms with Crippen molar-refractivity contribution in [3.8, 4) is 40.7 Å². The van der Waals surface area contributed by atoms with E-state index in [0.29, 0.717) is 34.5 Å². The van der Waals surface area contributed by atoms with Gasteiger partial charge in [0, 0.05) is 13.2 Å². The van der Waals surface area contributed by atoms with Crippen LogP contribution in [0.4, 0.5) is 10.3 Å². The van der Waals surface area contributed by atoms with E-state index < -0.39 is 27.7 Å². The van der Waals surface area contributed by atoms with Crippen LogP contribution < -0.4 is 18.5 Å². The zero-order valence-electron chi connectivity index (χ0n) is 25.7. The van der Waals surface area contributed by atoms with Gasteiger partial charge in [0.1, 0.15) is 34.5 Å². The van der Waals surface area contributed by atoms with Crippen LogP contribution in [0.25, 0.3) is 17.2 Å². The Labute approximate surface area is 264 Å². The van der Waals surface area contributed by atoms with Crippen LogP contribution in [-0.4, -0.2) is 87.2 Å². The van der Waals surface area contributed by atoms with Gasteiger partial charge < -0.3 is 18.9 Å². The zero-order valence-corrected chi connectivity index (χ0v) is 27.4. The molecule has 0 spiro atoms. The molecule has 0 saturated carbocycles. The summed E-state index contributed by atoms with van der Waals surface area (Å²) < 4.78 is 67.7. The van der Waals surface area contributed by atoms with E-state index >= 15 is 0 Å². The van der Waals surface area contributed by atoms with Crippen molar-refractivity contribution in [2.75, 3.05) is 63.3 Å². The predicted molar refractivity (Wildman–Crippen MR) is 170 cm³/mol. The van der Waals surface area contributed by atoms with Crippen LogP contribution in [0.1, 0.15) is 17.2 Å². The first-order valence-corrected chi connectivity index (χ1v) is 17.4. The number of para-hydroxylation sites is 1. The van der Waals surface area contributed by atoms with Gasteiger partial charge >= 0.3 is 0 Å². The molecule has 0 N–H and O–H groups in total. The highest BCUT2D eigenvalue weighted by Crippen LogP contribution is 2.39. The number of benzene rings is 2. The standard InChI is InChI=1S/C30H34FN6O6S2/c1-40-24-10-8-11-25(41-2)28(24)37-29(23-9-7-12-27(33-23)43-4)34-35-30(37)36(15-16-44(5)6)45(38,39)19-26(42-3)22-14-13-21(31)17-20(22)18-32/h7-14,17,26H,15-16,19H2,1-6H3/q+1/t26-/m1/s1. The fourth-order valence-corrected chi connectivity index (χ4v) is 6.89. The highest BCUT2D eigenvalue weighted by Gasteiger charge is 2.35. The molecule has 45 heavy (non-hydrogen) atoms. The minimum Gasteiger partial charge on any atom is -0.494 e. The average molecular weight is 658 g/mol. The molecule has 2 aromatic heterocycles. The number of halogens is 1. The number of aromatic nitrogens is 4. The second-order valence-corrected chi connectivity index (χ2v) is 14.2. The smallest absolute Gasteiger partial charge is 0.246 e. The number of hydrogen-bond acceptors (Lipinski definition) is 10. The molecule has 0 radical (unpaired) electrons. The number of methoxy groups -OCH3 is 4. The van der Waals surface area contributed by atoms with Crippen molar-refractivity contribution in [1.82, 2.24) is 19.7 Å². The van der Waals surface area contributed by atoms with E-state index in [9.17, 15) is 18.1 Å². The van der Waals surface area contributed by atoms with E-state index in [-0.39, 0.29) is 40.3 Å². The Morgan fingerprint density at radius 3 is 2.29 bits per heavy atom. The summed E-state index contributed by atoms with van der Waals surface area (Å²) in [6.45, 7) is 0.0462. The van der Waals surface area contributed by atoms with Crippen molar-refractivity contribution in [3.05, 3.63) is 71.5 Å². The first-order valence-electron chi connectivity index (χ1n) is 13.5. The van der Waals surface area contributed by atoms with Crippen molar-refractivity contribution in [2.24, 2.45) is 0 Å². The maximum atomic E-state index is 14.4. The Bertz CT molecular complexity index is 1770. The van der Waals surface area contributed by atoms with Crippen LogP contribution in [0.2, 0.25) is 0 Å². The number of nitrogens with zero attached hydrogens (tertiary/aromatic N) is 6. The Morgan fingerprint density at radius 2 is 1.69 bits per heavy atom. The van der Waals surface area contributed by atoms with Gasteiger partial charge in [-0.1, -0.05) is 18.2 Å². The number of ether oxygens (including phenoxy) is 4. The molecule has 0 aliphatic rings. The van der Waals surface area contributed by atoms with Crippen LogP contribution >= 0.6 is 0 Å². The second kappa shape index (κ2) is 14.6. The molecule has 0 aliphatic carbocycles. The molecule has 0 aliphatic heterocycles.